The topological polar surface area (TPSA) is 83.0 Å². The number of carbonyl (C=O) groups is 1. The summed E-state index contributed by atoms with van der Waals surface area (Å²) < 4.78 is 5.32. The minimum atomic E-state index is -0.0191. The van der Waals surface area contributed by atoms with Crippen LogP contribution >= 0.6 is 0 Å². The minimum absolute atomic E-state index is 0.0191. The van der Waals surface area contributed by atoms with Crippen LogP contribution in [-0.4, -0.2) is 34.0 Å². The summed E-state index contributed by atoms with van der Waals surface area (Å²) in [6, 6.07) is 8.79. The number of hydrogen-bond acceptors (Lipinski definition) is 5. The molecule has 23 heavy (non-hydrogen) atoms. The van der Waals surface area contributed by atoms with Gasteiger partial charge in [0.2, 0.25) is 5.89 Å². The molecule has 1 saturated heterocycles. The molecule has 0 spiro atoms. The zero-order valence-corrected chi connectivity index (χ0v) is 13.0. The Kier molecular flexibility index (Phi) is 4.38. The number of rotatable bonds is 3. The summed E-state index contributed by atoms with van der Waals surface area (Å²) in [6.07, 6.45) is 2.60. The molecule has 1 fully saturated rings. The van der Waals surface area contributed by atoms with Gasteiger partial charge in [0, 0.05) is 25.1 Å². The fraction of sp³-hybridized carbons (Fsp3) is 0.412. The number of hydrogen-bond donors (Lipinski definition) is 0. The van der Waals surface area contributed by atoms with Crippen molar-refractivity contribution < 1.29 is 9.32 Å². The van der Waals surface area contributed by atoms with Crippen molar-refractivity contribution in [1.82, 2.24) is 15.0 Å². The molecule has 2 heterocycles. The first-order valence-electron chi connectivity index (χ1n) is 7.83. The fourth-order valence-corrected chi connectivity index (χ4v) is 2.81. The third-order valence-electron chi connectivity index (χ3n) is 4.12. The zero-order valence-electron chi connectivity index (χ0n) is 13.0. The smallest absolute Gasteiger partial charge is 0.253 e. The Labute approximate surface area is 134 Å². The van der Waals surface area contributed by atoms with E-state index in [1.165, 1.54) is 0 Å². The normalized spacial score (nSPS) is 17.7. The first kappa shape index (κ1) is 15.2. The van der Waals surface area contributed by atoms with Crippen molar-refractivity contribution >= 4 is 5.91 Å². The SMILES string of the molecule is CCc1noc([C@H]2CCCN(C(=O)c3ccc(C#N)cc3)C2)n1. The summed E-state index contributed by atoms with van der Waals surface area (Å²) in [5.41, 5.74) is 1.15. The van der Waals surface area contributed by atoms with Crippen LogP contribution in [0.25, 0.3) is 0 Å². The summed E-state index contributed by atoms with van der Waals surface area (Å²) in [5.74, 6) is 1.41. The molecule has 0 saturated carbocycles. The van der Waals surface area contributed by atoms with Crippen molar-refractivity contribution in [2.75, 3.05) is 13.1 Å². The molecule has 2 aromatic rings. The predicted molar refractivity (Wildman–Crippen MR) is 82.7 cm³/mol. The van der Waals surface area contributed by atoms with Crippen molar-refractivity contribution in [3.63, 3.8) is 0 Å². The molecule has 1 aromatic carbocycles. The van der Waals surface area contributed by atoms with E-state index in [-0.39, 0.29) is 11.8 Å². The largest absolute Gasteiger partial charge is 0.339 e. The number of amides is 1. The maximum atomic E-state index is 12.6. The van der Waals surface area contributed by atoms with Crippen molar-refractivity contribution in [2.24, 2.45) is 0 Å². The molecule has 1 aliphatic heterocycles. The standard InChI is InChI=1S/C17H18N4O2/c1-2-15-19-16(23-20-15)14-4-3-9-21(11-14)17(22)13-7-5-12(10-18)6-8-13/h5-8,14H,2-4,9,11H2,1H3/t14-/m0/s1. The average Bonchev–Trinajstić information content (AvgIpc) is 3.10. The van der Waals surface area contributed by atoms with E-state index in [9.17, 15) is 4.79 Å². The van der Waals surface area contributed by atoms with Crippen LogP contribution in [-0.2, 0) is 6.42 Å². The van der Waals surface area contributed by atoms with E-state index in [1.54, 1.807) is 24.3 Å². The first-order valence-corrected chi connectivity index (χ1v) is 7.83. The van der Waals surface area contributed by atoms with Gasteiger partial charge in [-0.3, -0.25) is 4.79 Å². The molecule has 1 aromatic heterocycles. The molecule has 6 nitrogen and oxygen atoms in total. The molecule has 0 unspecified atom stereocenters. The van der Waals surface area contributed by atoms with Crippen molar-refractivity contribution in [3.8, 4) is 6.07 Å². The summed E-state index contributed by atoms with van der Waals surface area (Å²) in [7, 11) is 0. The van der Waals surface area contributed by atoms with E-state index in [2.05, 4.69) is 16.2 Å². The molecule has 6 heteroatoms. The molecule has 0 bridgehead atoms. The van der Waals surface area contributed by atoms with E-state index in [0.717, 1.165) is 25.8 Å². The molecule has 0 radical (unpaired) electrons. The molecule has 1 atom stereocenters. The number of aryl methyl sites for hydroxylation is 1. The molecule has 0 aliphatic carbocycles. The number of piperidine rings is 1. The van der Waals surface area contributed by atoms with Gasteiger partial charge in [-0.25, -0.2) is 0 Å². The lowest BCUT2D eigenvalue weighted by Gasteiger charge is -2.31. The number of benzene rings is 1. The summed E-state index contributed by atoms with van der Waals surface area (Å²) >= 11 is 0. The Bertz CT molecular complexity index is 730. The van der Waals surface area contributed by atoms with E-state index < -0.39 is 0 Å². The molecule has 3 rings (SSSR count). The average molecular weight is 310 g/mol. The Morgan fingerprint density at radius 2 is 2.22 bits per heavy atom. The Morgan fingerprint density at radius 1 is 1.43 bits per heavy atom. The highest BCUT2D eigenvalue weighted by Gasteiger charge is 2.28. The highest BCUT2D eigenvalue weighted by Crippen LogP contribution is 2.26. The minimum Gasteiger partial charge on any atom is -0.339 e. The van der Waals surface area contributed by atoms with Crippen molar-refractivity contribution in [2.45, 2.75) is 32.1 Å². The highest BCUT2D eigenvalue weighted by atomic mass is 16.5. The van der Waals surface area contributed by atoms with E-state index in [1.807, 2.05) is 11.8 Å². The third-order valence-corrected chi connectivity index (χ3v) is 4.12. The van der Waals surface area contributed by atoms with E-state index in [4.69, 9.17) is 9.78 Å². The van der Waals surface area contributed by atoms with Gasteiger partial charge in [0.1, 0.15) is 0 Å². The van der Waals surface area contributed by atoms with Crippen LogP contribution in [0, 0.1) is 11.3 Å². The molecular weight excluding hydrogens is 292 g/mol. The monoisotopic (exact) mass is 310 g/mol. The molecule has 1 amide bonds. The maximum Gasteiger partial charge on any atom is 0.253 e. The van der Waals surface area contributed by atoms with Crippen molar-refractivity contribution in [1.29, 1.82) is 5.26 Å². The number of carbonyl (C=O) groups excluding carboxylic acids is 1. The summed E-state index contributed by atoms with van der Waals surface area (Å²) in [5, 5.41) is 12.8. The van der Waals surface area contributed by atoms with Gasteiger partial charge >= 0.3 is 0 Å². The van der Waals surface area contributed by atoms with Crippen LogP contribution in [0.4, 0.5) is 0 Å². The van der Waals surface area contributed by atoms with Crippen LogP contribution in [0.15, 0.2) is 28.8 Å². The Morgan fingerprint density at radius 3 is 2.87 bits per heavy atom. The quantitative estimate of drug-likeness (QED) is 0.870. The van der Waals surface area contributed by atoms with Crippen LogP contribution in [0.3, 0.4) is 0 Å². The second-order valence-electron chi connectivity index (χ2n) is 5.68. The number of nitriles is 1. The van der Waals surface area contributed by atoms with Crippen LogP contribution in [0.2, 0.25) is 0 Å². The second kappa shape index (κ2) is 6.61. The van der Waals surface area contributed by atoms with Crippen LogP contribution in [0.5, 0.6) is 0 Å². The molecule has 1 aliphatic rings. The highest BCUT2D eigenvalue weighted by molar-refractivity contribution is 5.94. The first-order chi connectivity index (χ1) is 11.2. The fourth-order valence-electron chi connectivity index (χ4n) is 2.81. The van der Waals surface area contributed by atoms with Gasteiger partial charge in [0.05, 0.1) is 17.6 Å². The Hall–Kier alpha value is -2.68. The number of aromatic nitrogens is 2. The van der Waals surface area contributed by atoms with Gasteiger partial charge in [-0.15, -0.1) is 0 Å². The zero-order chi connectivity index (χ0) is 16.2. The van der Waals surface area contributed by atoms with E-state index >= 15 is 0 Å². The maximum absolute atomic E-state index is 12.6. The third kappa shape index (κ3) is 3.24. The molecule has 118 valence electrons. The lowest BCUT2D eigenvalue weighted by Crippen LogP contribution is -2.39. The van der Waals surface area contributed by atoms with Gasteiger partial charge in [-0.2, -0.15) is 10.2 Å². The second-order valence-corrected chi connectivity index (χ2v) is 5.68. The molecular formula is C17H18N4O2. The van der Waals surface area contributed by atoms with Gasteiger partial charge in [0.25, 0.3) is 5.91 Å². The lowest BCUT2D eigenvalue weighted by molar-refractivity contribution is 0.0695. The van der Waals surface area contributed by atoms with Crippen LogP contribution < -0.4 is 0 Å². The van der Waals surface area contributed by atoms with Crippen LogP contribution in [0.1, 0.15) is 53.3 Å². The number of nitrogens with zero attached hydrogens (tertiary/aromatic N) is 4. The van der Waals surface area contributed by atoms with Crippen molar-refractivity contribution in [3.05, 3.63) is 47.1 Å². The number of likely N-dealkylation sites (tertiary alicyclic amines) is 1. The van der Waals surface area contributed by atoms with Gasteiger partial charge < -0.3 is 9.42 Å². The van der Waals surface area contributed by atoms with Gasteiger partial charge in [-0.1, -0.05) is 12.1 Å². The van der Waals surface area contributed by atoms with Gasteiger partial charge in [-0.05, 0) is 37.1 Å². The Balaban J connectivity index is 1.72. The summed E-state index contributed by atoms with van der Waals surface area (Å²) in [6.45, 7) is 3.30. The lowest BCUT2D eigenvalue weighted by atomic mass is 9.97. The predicted octanol–water partition coefficient (Wildman–Crippen LogP) is 2.52. The van der Waals surface area contributed by atoms with Gasteiger partial charge in [0.15, 0.2) is 5.82 Å². The molecule has 0 N–H and O–H groups in total. The summed E-state index contributed by atoms with van der Waals surface area (Å²) in [4.78, 5) is 18.8. The van der Waals surface area contributed by atoms with E-state index in [0.29, 0.717) is 29.4 Å².